The van der Waals surface area contributed by atoms with Gasteiger partial charge in [-0.25, -0.2) is 9.97 Å². The number of fused-ring (bicyclic) bond motifs is 1. The maximum absolute atomic E-state index is 12.8. The van der Waals surface area contributed by atoms with Crippen LogP contribution in [0.4, 0.5) is 0 Å². The molecular weight excluding hydrogens is 330 g/mol. The van der Waals surface area contributed by atoms with Crippen molar-refractivity contribution in [2.24, 2.45) is 0 Å². The third-order valence-corrected chi connectivity index (χ3v) is 4.97. The number of thioether (sulfide) groups is 1. The Hall–Kier alpha value is -2.40. The monoisotopic (exact) mass is 351 g/mol. The molecule has 0 unspecified atom stereocenters. The Labute approximate surface area is 152 Å². The molecule has 0 radical (unpaired) electrons. The van der Waals surface area contributed by atoms with Crippen molar-refractivity contribution in [1.82, 2.24) is 14.9 Å². The summed E-state index contributed by atoms with van der Waals surface area (Å²) >= 11 is 1.47. The number of carbonyl (C=O) groups excluding carboxylic acids is 1. The molecule has 1 amide bonds. The first-order valence-electron chi connectivity index (χ1n) is 8.31. The van der Waals surface area contributed by atoms with E-state index in [4.69, 9.17) is 0 Å². The van der Waals surface area contributed by atoms with Crippen LogP contribution in [0.1, 0.15) is 19.4 Å². The van der Waals surface area contributed by atoms with Crippen LogP contribution in [0.2, 0.25) is 0 Å². The van der Waals surface area contributed by atoms with E-state index in [1.807, 2.05) is 73.3 Å². The van der Waals surface area contributed by atoms with Crippen LogP contribution in [0.15, 0.2) is 66.0 Å². The summed E-state index contributed by atoms with van der Waals surface area (Å²) in [7, 11) is 0. The first-order valence-corrected chi connectivity index (χ1v) is 9.29. The summed E-state index contributed by atoms with van der Waals surface area (Å²) < 4.78 is 0. The Bertz CT molecular complexity index is 846. The van der Waals surface area contributed by atoms with Crippen LogP contribution in [0.25, 0.3) is 10.9 Å². The standard InChI is InChI=1S/C20H21N3OS/c1-15(2)23(12-16-8-4-3-5-9-16)19(24)13-25-20-17-10-6-7-11-18(17)21-14-22-20/h3-11,14-15H,12-13H2,1-2H3. The van der Waals surface area contributed by atoms with Crippen LogP contribution < -0.4 is 0 Å². The van der Waals surface area contributed by atoms with Gasteiger partial charge in [0.1, 0.15) is 11.4 Å². The highest BCUT2D eigenvalue weighted by molar-refractivity contribution is 8.00. The third-order valence-electron chi connectivity index (χ3n) is 3.98. The summed E-state index contributed by atoms with van der Waals surface area (Å²) in [6.07, 6.45) is 1.55. The van der Waals surface area contributed by atoms with E-state index in [2.05, 4.69) is 9.97 Å². The second-order valence-corrected chi connectivity index (χ2v) is 7.05. The van der Waals surface area contributed by atoms with E-state index >= 15 is 0 Å². The van der Waals surface area contributed by atoms with E-state index in [1.165, 1.54) is 11.8 Å². The van der Waals surface area contributed by atoms with Gasteiger partial charge < -0.3 is 4.90 Å². The molecule has 0 fully saturated rings. The van der Waals surface area contributed by atoms with Gasteiger partial charge in [-0.1, -0.05) is 60.3 Å². The zero-order valence-electron chi connectivity index (χ0n) is 14.4. The molecule has 4 nitrogen and oxygen atoms in total. The molecule has 0 N–H and O–H groups in total. The molecule has 0 aliphatic carbocycles. The molecular formula is C20H21N3OS. The maximum Gasteiger partial charge on any atom is 0.233 e. The predicted octanol–water partition coefficient (Wildman–Crippen LogP) is 4.16. The molecule has 0 spiro atoms. The Morgan fingerprint density at radius 1 is 1.04 bits per heavy atom. The van der Waals surface area contributed by atoms with Crippen molar-refractivity contribution in [1.29, 1.82) is 0 Å². The molecule has 1 aromatic heterocycles. The van der Waals surface area contributed by atoms with Gasteiger partial charge >= 0.3 is 0 Å². The Balaban J connectivity index is 1.71. The summed E-state index contributed by atoms with van der Waals surface area (Å²) in [5.41, 5.74) is 2.04. The second kappa shape index (κ2) is 8.12. The molecule has 0 bridgehead atoms. The van der Waals surface area contributed by atoms with Crippen LogP contribution in [0.3, 0.4) is 0 Å². The largest absolute Gasteiger partial charge is 0.335 e. The van der Waals surface area contributed by atoms with Gasteiger partial charge in [-0.05, 0) is 25.5 Å². The lowest BCUT2D eigenvalue weighted by molar-refractivity contribution is -0.130. The first kappa shape index (κ1) is 17.4. The number of hydrogen-bond acceptors (Lipinski definition) is 4. The number of rotatable bonds is 6. The highest BCUT2D eigenvalue weighted by Gasteiger charge is 2.18. The highest BCUT2D eigenvalue weighted by Crippen LogP contribution is 2.24. The van der Waals surface area contributed by atoms with Crippen molar-refractivity contribution < 1.29 is 4.79 Å². The summed E-state index contributed by atoms with van der Waals surface area (Å²) in [6.45, 7) is 4.72. The number of carbonyl (C=O) groups is 1. The fourth-order valence-corrected chi connectivity index (χ4v) is 3.52. The van der Waals surface area contributed by atoms with E-state index in [-0.39, 0.29) is 11.9 Å². The molecule has 128 valence electrons. The van der Waals surface area contributed by atoms with Crippen LogP contribution in [-0.2, 0) is 11.3 Å². The van der Waals surface area contributed by atoms with Crippen molar-refractivity contribution in [3.8, 4) is 0 Å². The Morgan fingerprint density at radius 2 is 1.76 bits per heavy atom. The molecule has 3 aromatic rings. The second-order valence-electron chi connectivity index (χ2n) is 6.09. The average Bonchev–Trinajstić information content (AvgIpc) is 2.64. The average molecular weight is 351 g/mol. The van der Waals surface area contributed by atoms with Crippen LogP contribution in [-0.4, -0.2) is 32.6 Å². The Kier molecular flexibility index (Phi) is 5.66. The summed E-state index contributed by atoms with van der Waals surface area (Å²) in [6, 6.07) is 18.1. The van der Waals surface area contributed by atoms with Crippen LogP contribution >= 0.6 is 11.8 Å². The number of benzene rings is 2. The zero-order valence-corrected chi connectivity index (χ0v) is 15.2. The van der Waals surface area contributed by atoms with Gasteiger partial charge in [0, 0.05) is 18.0 Å². The fraction of sp³-hybridized carbons (Fsp3) is 0.250. The molecule has 2 aromatic carbocycles. The molecule has 0 aliphatic heterocycles. The zero-order chi connectivity index (χ0) is 17.6. The molecule has 1 heterocycles. The summed E-state index contributed by atoms with van der Waals surface area (Å²) in [5, 5.41) is 1.84. The van der Waals surface area contributed by atoms with Crippen molar-refractivity contribution in [3.63, 3.8) is 0 Å². The van der Waals surface area contributed by atoms with Gasteiger partial charge in [0.05, 0.1) is 11.3 Å². The summed E-state index contributed by atoms with van der Waals surface area (Å²) in [5.74, 6) is 0.484. The smallest absolute Gasteiger partial charge is 0.233 e. The van der Waals surface area contributed by atoms with Crippen LogP contribution in [0.5, 0.6) is 0 Å². The van der Waals surface area contributed by atoms with Gasteiger partial charge in [-0.2, -0.15) is 0 Å². The van der Waals surface area contributed by atoms with Gasteiger partial charge in [0.15, 0.2) is 0 Å². The lowest BCUT2D eigenvalue weighted by Gasteiger charge is -2.27. The van der Waals surface area contributed by atoms with E-state index in [9.17, 15) is 4.79 Å². The van der Waals surface area contributed by atoms with E-state index in [0.717, 1.165) is 21.5 Å². The van der Waals surface area contributed by atoms with E-state index < -0.39 is 0 Å². The number of nitrogens with zero attached hydrogens (tertiary/aromatic N) is 3. The molecule has 25 heavy (non-hydrogen) atoms. The maximum atomic E-state index is 12.8. The van der Waals surface area contributed by atoms with Gasteiger partial charge in [-0.15, -0.1) is 0 Å². The number of amides is 1. The van der Waals surface area contributed by atoms with Gasteiger partial charge in [0.25, 0.3) is 0 Å². The fourth-order valence-electron chi connectivity index (χ4n) is 2.65. The van der Waals surface area contributed by atoms with Crippen molar-refractivity contribution in [3.05, 3.63) is 66.5 Å². The highest BCUT2D eigenvalue weighted by atomic mass is 32.2. The van der Waals surface area contributed by atoms with Crippen molar-refractivity contribution in [2.45, 2.75) is 31.5 Å². The van der Waals surface area contributed by atoms with E-state index in [0.29, 0.717) is 12.3 Å². The molecule has 0 aliphatic rings. The SMILES string of the molecule is CC(C)N(Cc1ccccc1)C(=O)CSc1ncnc2ccccc12. The number of para-hydroxylation sites is 1. The number of aromatic nitrogens is 2. The minimum atomic E-state index is 0.117. The lowest BCUT2D eigenvalue weighted by Crippen LogP contribution is -2.37. The summed E-state index contributed by atoms with van der Waals surface area (Å²) in [4.78, 5) is 23.3. The number of hydrogen-bond donors (Lipinski definition) is 0. The van der Waals surface area contributed by atoms with E-state index in [1.54, 1.807) is 6.33 Å². The topological polar surface area (TPSA) is 46.1 Å². The van der Waals surface area contributed by atoms with Crippen LogP contribution in [0, 0.1) is 0 Å². The van der Waals surface area contributed by atoms with Crippen molar-refractivity contribution >= 4 is 28.6 Å². The first-order chi connectivity index (χ1) is 12.1. The van der Waals surface area contributed by atoms with Gasteiger partial charge in [-0.3, -0.25) is 4.79 Å². The minimum Gasteiger partial charge on any atom is -0.335 e. The van der Waals surface area contributed by atoms with Crippen molar-refractivity contribution in [2.75, 3.05) is 5.75 Å². The molecule has 0 atom stereocenters. The van der Waals surface area contributed by atoms with Gasteiger partial charge in [0.2, 0.25) is 5.91 Å². The predicted molar refractivity (Wildman–Crippen MR) is 102 cm³/mol. The minimum absolute atomic E-state index is 0.117. The third kappa shape index (κ3) is 4.37. The molecule has 5 heteroatoms. The molecule has 0 saturated heterocycles. The molecule has 3 rings (SSSR count). The Morgan fingerprint density at radius 3 is 2.52 bits per heavy atom. The normalized spacial score (nSPS) is 11.0. The quantitative estimate of drug-likeness (QED) is 0.494. The molecule has 0 saturated carbocycles. The lowest BCUT2D eigenvalue weighted by atomic mass is 10.2.